The monoisotopic (exact) mass is 393 g/mol. The molecule has 1 atom stereocenters. The minimum Gasteiger partial charge on any atom is -0.348 e. The van der Waals surface area contributed by atoms with Gasteiger partial charge in [0.05, 0.1) is 11.3 Å². The van der Waals surface area contributed by atoms with Crippen molar-refractivity contribution in [2.45, 2.75) is 18.9 Å². The molecule has 0 spiro atoms. The number of anilines is 1. The number of piperidine rings is 1. The van der Waals surface area contributed by atoms with E-state index in [1.165, 1.54) is 0 Å². The van der Waals surface area contributed by atoms with Gasteiger partial charge in [0, 0.05) is 23.2 Å². The van der Waals surface area contributed by atoms with Crippen LogP contribution in [0.4, 0.5) is 5.69 Å². The van der Waals surface area contributed by atoms with Gasteiger partial charge < -0.3 is 16.0 Å². The molecule has 1 fully saturated rings. The van der Waals surface area contributed by atoms with Crippen LogP contribution < -0.4 is 16.0 Å². The van der Waals surface area contributed by atoms with E-state index in [-0.39, 0.29) is 30.3 Å². The Morgan fingerprint density at radius 2 is 1.77 bits per heavy atom. The van der Waals surface area contributed by atoms with Crippen molar-refractivity contribution in [2.24, 2.45) is 0 Å². The van der Waals surface area contributed by atoms with Gasteiger partial charge in [-0.2, -0.15) is 0 Å². The summed E-state index contributed by atoms with van der Waals surface area (Å²) in [7, 11) is 0. The van der Waals surface area contributed by atoms with Crippen molar-refractivity contribution in [2.75, 3.05) is 18.4 Å². The molecule has 0 saturated carbocycles. The Bertz CT molecular complexity index is 760. The Morgan fingerprint density at radius 3 is 2.46 bits per heavy atom. The molecule has 5 nitrogen and oxygen atoms in total. The van der Waals surface area contributed by atoms with Crippen LogP contribution in [0, 0.1) is 0 Å². The van der Waals surface area contributed by atoms with Crippen molar-refractivity contribution < 1.29 is 9.59 Å². The normalized spacial score (nSPS) is 16.3. The second-order valence-electron chi connectivity index (χ2n) is 6.02. The van der Waals surface area contributed by atoms with Gasteiger partial charge in [0.25, 0.3) is 11.8 Å². The highest BCUT2D eigenvalue weighted by atomic mass is 35.5. The van der Waals surface area contributed by atoms with Gasteiger partial charge in [-0.3, -0.25) is 9.59 Å². The third-order valence-corrected chi connectivity index (χ3v) is 4.41. The smallest absolute Gasteiger partial charge is 0.255 e. The summed E-state index contributed by atoms with van der Waals surface area (Å²) in [6, 6.07) is 13.7. The SMILES string of the molecule is Cl.O=C(Nc1ccccc1C(=O)N[C@H]1CCCNC1)c1ccc(Cl)cc1. The standard InChI is InChI=1S/C19H20ClN3O2.ClH/c20-14-9-7-13(8-10-14)18(24)23-17-6-2-1-5-16(17)19(25)22-15-4-3-11-21-12-15;/h1-2,5-10,15,21H,3-4,11-12H2,(H,22,25)(H,23,24);1H/t15-;/m0./s1. The van der Waals surface area contributed by atoms with Gasteiger partial charge in [0.15, 0.2) is 0 Å². The summed E-state index contributed by atoms with van der Waals surface area (Å²) in [5.41, 5.74) is 1.43. The molecule has 1 heterocycles. The zero-order valence-electron chi connectivity index (χ0n) is 14.1. The summed E-state index contributed by atoms with van der Waals surface area (Å²) >= 11 is 5.85. The van der Waals surface area contributed by atoms with Crippen LogP contribution in [0.2, 0.25) is 5.02 Å². The number of carbonyl (C=O) groups is 2. The number of hydrogen-bond acceptors (Lipinski definition) is 3. The molecule has 26 heavy (non-hydrogen) atoms. The lowest BCUT2D eigenvalue weighted by Crippen LogP contribution is -2.45. The maximum atomic E-state index is 12.6. The number of benzene rings is 2. The summed E-state index contributed by atoms with van der Waals surface area (Å²) in [5, 5.41) is 9.67. The molecule has 0 radical (unpaired) electrons. The first-order valence-corrected chi connectivity index (χ1v) is 8.69. The maximum absolute atomic E-state index is 12.6. The number of halogens is 2. The number of hydrogen-bond donors (Lipinski definition) is 3. The van der Waals surface area contributed by atoms with Gasteiger partial charge in [-0.1, -0.05) is 23.7 Å². The largest absolute Gasteiger partial charge is 0.348 e. The molecule has 2 aromatic rings. The van der Waals surface area contributed by atoms with Crippen molar-refractivity contribution in [3.05, 3.63) is 64.7 Å². The Morgan fingerprint density at radius 1 is 1.04 bits per heavy atom. The first kappa shape index (κ1) is 20.2. The van der Waals surface area contributed by atoms with Gasteiger partial charge >= 0.3 is 0 Å². The molecule has 7 heteroatoms. The zero-order chi connectivity index (χ0) is 17.6. The molecule has 1 aliphatic heterocycles. The van der Waals surface area contributed by atoms with Crippen LogP contribution in [0.25, 0.3) is 0 Å². The van der Waals surface area contributed by atoms with Crippen molar-refractivity contribution in [1.82, 2.24) is 10.6 Å². The Kier molecular flexibility index (Phi) is 7.45. The predicted molar refractivity (Wildman–Crippen MR) is 106 cm³/mol. The summed E-state index contributed by atoms with van der Waals surface area (Å²) in [6.45, 7) is 1.76. The molecular weight excluding hydrogens is 373 g/mol. The lowest BCUT2D eigenvalue weighted by Gasteiger charge is -2.24. The molecule has 2 aromatic carbocycles. The number of amides is 2. The quantitative estimate of drug-likeness (QED) is 0.744. The van der Waals surface area contributed by atoms with E-state index in [2.05, 4.69) is 16.0 Å². The molecular formula is C19H21Cl2N3O2. The van der Waals surface area contributed by atoms with Crippen LogP contribution >= 0.6 is 24.0 Å². The zero-order valence-corrected chi connectivity index (χ0v) is 15.7. The molecule has 3 N–H and O–H groups in total. The van der Waals surface area contributed by atoms with Gasteiger partial charge in [-0.25, -0.2) is 0 Å². The van der Waals surface area contributed by atoms with Crippen molar-refractivity contribution in [3.8, 4) is 0 Å². The van der Waals surface area contributed by atoms with Crippen molar-refractivity contribution >= 4 is 41.5 Å². The first-order chi connectivity index (χ1) is 12.1. The maximum Gasteiger partial charge on any atom is 0.255 e. The number of rotatable bonds is 4. The summed E-state index contributed by atoms with van der Waals surface area (Å²) in [4.78, 5) is 25.0. The average Bonchev–Trinajstić information content (AvgIpc) is 2.63. The molecule has 2 amide bonds. The van der Waals surface area contributed by atoms with Crippen molar-refractivity contribution in [3.63, 3.8) is 0 Å². The number of carbonyl (C=O) groups excluding carboxylic acids is 2. The molecule has 1 aliphatic rings. The van der Waals surface area contributed by atoms with E-state index in [9.17, 15) is 9.59 Å². The molecule has 0 unspecified atom stereocenters. The number of nitrogens with one attached hydrogen (secondary N) is 3. The highest BCUT2D eigenvalue weighted by Gasteiger charge is 2.19. The Labute approximate surface area is 163 Å². The number of para-hydroxylation sites is 1. The van der Waals surface area contributed by atoms with Gasteiger partial charge in [0.1, 0.15) is 0 Å². The summed E-state index contributed by atoms with van der Waals surface area (Å²) in [5.74, 6) is -0.461. The molecule has 1 saturated heterocycles. The Hall–Kier alpha value is -2.08. The van der Waals surface area contributed by atoms with Gasteiger partial charge in [0.2, 0.25) is 0 Å². The minimum absolute atomic E-state index is 0. The van der Waals surface area contributed by atoms with Crippen LogP contribution in [0.3, 0.4) is 0 Å². The molecule has 3 rings (SSSR count). The Balaban J connectivity index is 0.00000243. The van der Waals surface area contributed by atoms with Crippen LogP contribution in [0.15, 0.2) is 48.5 Å². The van der Waals surface area contributed by atoms with E-state index in [0.717, 1.165) is 25.9 Å². The fraction of sp³-hybridized carbons (Fsp3) is 0.263. The first-order valence-electron chi connectivity index (χ1n) is 8.31. The second-order valence-corrected chi connectivity index (χ2v) is 6.46. The van der Waals surface area contributed by atoms with E-state index in [0.29, 0.717) is 21.8 Å². The lowest BCUT2D eigenvalue weighted by molar-refractivity contribution is 0.0931. The fourth-order valence-corrected chi connectivity index (χ4v) is 2.95. The van der Waals surface area contributed by atoms with Gasteiger partial charge in [-0.05, 0) is 55.8 Å². The van der Waals surface area contributed by atoms with E-state index in [4.69, 9.17) is 11.6 Å². The second kappa shape index (κ2) is 9.57. The minimum atomic E-state index is -0.281. The predicted octanol–water partition coefficient (Wildman–Crippen LogP) is 3.50. The molecule has 0 aromatic heterocycles. The van der Waals surface area contributed by atoms with E-state index in [1.807, 2.05) is 0 Å². The van der Waals surface area contributed by atoms with Crippen LogP contribution in [-0.2, 0) is 0 Å². The van der Waals surface area contributed by atoms with E-state index < -0.39 is 0 Å². The van der Waals surface area contributed by atoms with Crippen LogP contribution in [0.5, 0.6) is 0 Å². The third-order valence-electron chi connectivity index (χ3n) is 4.16. The highest BCUT2D eigenvalue weighted by Crippen LogP contribution is 2.18. The lowest BCUT2D eigenvalue weighted by atomic mass is 10.1. The third kappa shape index (κ3) is 5.21. The molecule has 0 bridgehead atoms. The van der Waals surface area contributed by atoms with Crippen LogP contribution in [-0.4, -0.2) is 30.9 Å². The highest BCUT2D eigenvalue weighted by molar-refractivity contribution is 6.30. The topological polar surface area (TPSA) is 70.2 Å². The van der Waals surface area contributed by atoms with Crippen molar-refractivity contribution in [1.29, 1.82) is 0 Å². The fourth-order valence-electron chi connectivity index (χ4n) is 2.82. The molecule has 138 valence electrons. The summed E-state index contributed by atoms with van der Waals surface area (Å²) < 4.78 is 0. The summed E-state index contributed by atoms with van der Waals surface area (Å²) in [6.07, 6.45) is 2.00. The van der Waals surface area contributed by atoms with E-state index in [1.54, 1.807) is 48.5 Å². The average molecular weight is 394 g/mol. The molecule has 0 aliphatic carbocycles. The van der Waals surface area contributed by atoms with Crippen LogP contribution in [0.1, 0.15) is 33.6 Å². The van der Waals surface area contributed by atoms with E-state index >= 15 is 0 Å². The van der Waals surface area contributed by atoms with Gasteiger partial charge in [-0.15, -0.1) is 12.4 Å².